The third-order valence-corrected chi connectivity index (χ3v) is 3.14. The van der Waals surface area contributed by atoms with E-state index in [9.17, 15) is 9.36 Å². The fourth-order valence-electron chi connectivity index (χ4n) is 0.488. The number of carbonyl (C=O) groups excluding carboxylic acids is 1. The Hall–Kier alpha value is -0.340. The van der Waals surface area contributed by atoms with Crippen LogP contribution in [0.4, 0.5) is 0 Å². The lowest BCUT2D eigenvalue weighted by atomic mass is 10.5. The van der Waals surface area contributed by atoms with Crippen LogP contribution in [0, 0.1) is 0 Å². The van der Waals surface area contributed by atoms with E-state index < -0.39 is 7.37 Å². The molecule has 0 aliphatic carbocycles. The van der Waals surface area contributed by atoms with Crippen molar-refractivity contribution in [3.8, 4) is 0 Å². The van der Waals surface area contributed by atoms with Gasteiger partial charge in [-0.1, -0.05) is 0 Å². The number of ether oxygens (including phenoxy) is 1. The van der Waals surface area contributed by atoms with Gasteiger partial charge in [0.15, 0.2) is 0 Å². The summed E-state index contributed by atoms with van der Waals surface area (Å²) in [4.78, 5) is 10.6. The van der Waals surface area contributed by atoms with Crippen LogP contribution in [0.2, 0.25) is 0 Å². The fraction of sp³-hybridized carbons (Fsp3) is 0.833. The van der Waals surface area contributed by atoms with E-state index in [1.807, 2.05) is 0 Å². The summed E-state index contributed by atoms with van der Waals surface area (Å²) in [6, 6.07) is 0. The van der Waals surface area contributed by atoms with Gasteiger partial charge in [-0.05, 0) is 0 Å². The van der Waals surface area contributed by atoms with Crippen molar-refractivity contribution < 1.29 is 18.6 Å². The molecule has 0 amide bonds. The number of esters is 1. The van der Waals surface area contributed by atoms with Crippen molar-refractivity contribution in [1.82, 2.24) is 0 Å². The Morgan fingerprint density at radius 2 is 2.00 bits per heavy atom. The monoisotopic (exact) mass is 180 g/mol. The molecule has 0 aromatic rings. The van der Waals surface area contributed by atoms with Gasteiger partial charge in [-0.15, -0.1) is 0 Å². The summed E-state index contributed by atoms with van der Waals surface area (Å²) in [7, 11) is 0.133. The molecule has 0 bridgehead atoms. The van der Waals surface area contributed by atoms with E-state index in [1.54, 1.807) is 0 Å². The van der Waals surface area contributed by atoms with E-state index in [0.29, 0.717) is 0 Å². The van der Waals surface area contributed by atoms with Gasteiger partial charge in [0.1, 0.15) is 0 Å². The first-order valence-electron chi connectivity index (χ1n) is 3.21. The first kappa shape index (κ1) is 10.7. The molecule has 5 heteroatoms. The Labute approximate surface area is 66.3 Å². The van der Waals surface area contributed by atoms with Crippen LogP contribution in [-0.2, 0) is 18.6 Å². The SMILES string of the molecule is COC(=O)CCP(C)(=O)OC. The minimum Gasteiger partial charge on any atom is -0.469 e. The number of methoxy groups -OCH3 is 1. The van der Waals surface area contributed by atoms with Gasteiger partial charge in [0.05, 0.1) is 13.5 Å². The summed E-state index contributed by atoms with van der Waals surface area (Å²) >= 11 is 0. The van der Waals surface area contributed by atoms with Crippen molar-refractivity contribution in [3.63, 3.8) is 0 Å². The molecule has 0 saturated heterocycles. The minimum atomic E-state index is -2.54. The second-order valence-electron chi connectivity index (χ2n) is 2.25. The summed E-state index contributed by atoms with van der Waals surface area (Å²) in [5.74, 6) is -0.357. The maximum Gasteiger partial charge on any atom is 0.306 e. The standard InChI is InChI=1S/C6H13O4P/c1-9-6(7)4-5-11(3,8)10-2/h4-5H2,1-3H3. The van der Waals surface area contributed by atoms with E-state index in [2.05, 4.69) is 9.26 Å². The van der Waals surface area contributed by atoms with E-state index >= 15 is 0 Å². The zero-order chi connectivity index (χ0) is 8.91. The summed E-state index contributed by atoms with van der Waals surface area (Å²) in [6.45, 7) is 1.50. The highest BCUT2D eigenvalue weighted by Crippen LogP contribution is 2.41. The first-order chi connectivity index (χ1) is 5.02. The molecular weight excluding hydrogens is 167 g/mol. The predicted molar refractivity (Wildman–Crippen MR) is 42.0 cm³/mol. The van der Waals surface area contributed by atoms with Crippen molar-refractivity contribution in [2.45, 2.75) is 6.42 Å². The Kier molecular flexibility index (Phi) is 4.38. The van der Waals surface area contributed by atoms with Crippen LogP contribution in [0.3, 0.4) is 0 Å². The highest BCUT2D eigenvalue weighted by Gasteiger charge is 2.15. The summed E-state index contributed by atoms with van der Waals surface area (Å²) in [5.41, 5.74) is 0. The number of hydrogen-bond donors (Lipinski definition) is 0. The van der Waals surface area contributed by atoms with Gasteiger partial charge in [0.2, 0.25) is 7.37 Å². The molecule has 4 nitrogen and oxygen atoms in total. The molecule has 0 rings (SSSR count). The Bertz CT molecular complexity index is 177. The van der Waals surface area contributed by atoms with Gasteiger partial charge in [-0.2, -0.15) is 0 Å². The van der Waals surface area contributed by atoms with E-state index in [1.165, 1.54) is 20.9 Å². The molecule has 66 valence electrons. The lowest BCUT2D eigenvalue weighted by molar-refractivity contribution is -0.140. The molecule has 0 spiro atoms. The molecule has 0 N–H and O–H groups in total. The van der Waals surface area contributed by atoms with Crippen LogP contribution in [0.1, 0.15) is 6.42 Å². The van der Waals surface area contributed by atoms with Crippen LogP contribution in [0.5, 0.6) is 0 Å². The molecule has 1 unspecified atom stereocenters. The van der Waals surface area contributed by atoms with Gasteiger partial charge in [-0.3, -0.25) is 9.36 Å². The van der Waals surface area contributed by atoms with Crippen molar-refractivity contribution in [3.05, 3.63) is 0 Å². The number of carbonyl (C=O) groups is 1. The molecule has 0 fully saturated rings. The lowest BCUT2D eigenvalue weighted by Gasteiger charge is -2.08. The summed E-state index contributed by atoms with van der Waals surface area (Å²) in [5, 5.41) is 0. The van der Waals surface area contributed by atoms with Crippen LogP contribution in [-0.4, -0.2) is 33.0 Å². The average Bonchev–Trinajstić information content (AvgIpc) is 2.00. The van der Waals surface area contributed by atoms with Gasteiger partial charge in [0, 0.05) is 19.9 Å². The third-order valence-electron chi connectivity index (χ3n) is 1.34. The van der Waals surface area contributed by atoms with Gasteiger partial charge >= 0.3 is 5.97 Å². The van der Waals surface area contributed by atoms with Crippen LogP contribution < -0.4 is 0 Å². The molecule has 0 radical (unpaired) electrons. The van der Waals surface area contributed by atoms with E-state index in [0.717, 1.165) is 0 Å². The second kappa shape index (κ2) is 4.52. The summed E-state index contributed by atoms with van der Waals surface area (Å²) in [6.07, 6.45) is 0.397. The molecule has 11 heavy (non-hydrogen) atoms. The minimum absolute atomic E-state index is 0.151. The molecule has 0 aliphatic rings. The second-order valence-corrected chi connectivity index (χ2v) is 5.09. The third kappa shape index (κ3) is 4.99. The molecular formula is C6H13O4P. The largest absolute Gasteiger partial charge is 0.469 e. The Morgan fingerprint density at radius 1 is 1.45 bits per heavy atom. The van der Waals surface area contributed by atoms with E-state index in [4.69, 9.17) is 0 Å². The summed E-state index contributed by atoms with van der Waals surface area (Å²) < 4.78 is 20.2. The predicted octanol–water partition coefficient (Wildman–Crippen LogP) is 1.10. The first-order valence-corrected chi connectivity index (χ1v) is 5.46. The van der Waals surface area contributed by atoms with Crippen LogP contribution >= 0.6 is 7.37 Å². The van der Waals surface area contributed by atoms with Crippen molar-refractivity contribution in [2.24, 2.45) is 0 Å². The topological polar surface area (TPSA) is 52.6 Å². The normalized spacial score (nSPS) is 15.5. The number of rotatable bonds is 4. The molecule has 0 aromatic heterocycles. The lowest BCUT2D eigenvalue weighted by Crippen LogP contribution is -2.03. The van der Waals surface area contributed by atoms with Crippen LogP contribution in [0.25, 0.3) is 0 Å². The molecule has 0 aliphatic heterocycles. The molecule has 0 aromatic carbocycles. The van der Waals surface area contributed by atoms with Crippen molar-refractivity contribution >= 4 is 13.3 Å². The van der Waals surface area contributed by atoms with Gasteiger partial charge < -0.3 is 9.26 Å². The maximum absolute atomic E-state index is 11.2. The zero-order valence-corrected chi connectivity index (χ0v) is 7.89. The smallest absolute Gasteiger partial charge is 0.306 e. The maximum atomic E-state index is 11.2. The van der Waals surface area contributed by atoms with Crippen molar-refractivity contribution in [1.29, 1.82) is 0 Å². The van der Waals surface area contributed by atoms with Crippen LogP contribution in [0.15, 0.2) is 0 Å². The zero-order valence-electron chi connectivity index (χ0n) is 6.99. The Balaban J connectivity index is 3.70. The van der Waals surface area contributed by atoms with Gasteiger partial charge in [-0.25, -0.2) is 0 Å². The van der Waals surface area contributed by atoms with Crippen molar-refractivity contribution in [2.75, 3.05) is 27.0 Å². The fourth-order valence-corrected chi connectivity index (χ4v) is 1.26. The molecule has 0 saturated carbocycles. The van der Waals surface area contributed by atoms with Gasteiger partial charge in [0.25, 0.3) is 0 Å². The van der Waals surface area contributed by atoms with E-state index in [-0.39, 0.29) is 18.6 Å². The average molecular weight is 180 g/mol. The quantitative estimate of drug-likeness (QED) is 0.480. The Morgan fingerprint density at radius 3 is 2.36 bits per heavy atom. The molecule has 1 atom stereocenters. The molecule has 0 heterocycles. The number of hydrogen-bond acceptors (Lipinski definition) is 4. The highest BCUT2D eigenvalue weighted by atomic mass is 31.2. The highest BCUT2D eigenvalue weighted by molar-refractivity contribution is 7.58.